The molecule has 0 saturated carbocycles. The molecular weight excluding hydrogens is 206 g/mol. The van der Waals surface area contributed by atoms with Gasteiger partial charge in [0.05, 0.1) is 19.8 Å². The Hall–Kier alpha value is -0.840. The Bertz CT molecular complexity index is 270. The molecule has 0 spiro atoms. The predicted molar refractivity (Wildman–Crippen MR) is 52.6 cm³/mol. The Kier molecular flexibility index (Phi) is 5.29. The van der Waals surface area contributed by atoms with Crippen LogP contribution in [-0.2, 0) is 4.74 Å². The van der Waals surface area contributed by atoms with E-state index in [1.54, 1.807) is 18.3 Å². The third kappa shape index (κ3) is 3.91. The second kappa shape index (κ2) is 6.59. The fraction of sp³-hybridized carbons (Fsp3) is 0.444. The molecule has 4 nitrogen and oxygen atoms in total. The van der Waals surface area contributed by atoms with Gasteiger partial charge in [0.15, 0.2) is 10.9 Å². The molecule has 0 radical (unpaired) electrons. The number of aromatic nitrogens is 1. The van der Waals surface area contributed by atoms with Crippen molar-refractivity contribution in [1.29, 1.82) is 0 Å². The lowest BCUT2D eigenvalue weighted by Crippen LogP contribution is -2.09. The number of aliphatic hydroxyl groups excluding tert-OH is 1. The molecule has 1 N–H and O–H groups in total. The van der Waals surface area contributed by atoms with E-state index in [0.29, 0.717) is 30.7 Å². The molecule has 1 aromatic heterocycles. The number of halogens is 1. The summed E-state index contributed by atoms with van der Waals surface area (Å²) < 4.78 is 10.3. The second-order valence-electron chi connectivity index (χ2n) is 2.48. The quantitative estimate of drug-likeness (QED) is 0.573. The molecule has 1 rings (SSSR count). The minimum Gasteiger partial charge on any atom is -0.488 e. The van der Waals surface area contributed by atoms with Gasteiger partial charge in [-0.25, -0.2) is 4.98 Å². The van der Waals surface area contributed by atoms with Crippen molar-refractivity contribution in [1.82, 2.24) is 4.98 Å². The summed E-state index contributed by atoms with van der Waals surface area (Å²) in [6, 6.07) is 3.48. The van der Waals surface area contributed by atoms with Crippen LogP contribution in [0.25, 0.3) is 0 Å². The lowest BCUT2D eigenvalue weighted by atomic mass is 10.5. The van der Waals surface area contributed by atoms with Gasteiger partial charge in [0, 0.05) is 6.20 Å². The summed E-state index contributed by atoms with van der Waals surface area (Å²) in [5.74, 6) is 0.543. The first-order valence-corrected chi connectivity index (χ1v) is 4.64. The number of pyridine rings is 1. The maximum atomic E-state index is 8.43. The normalized spacial score (nSPS) is 10.1. The van der Waals surface area contributed by atoms with E-state index in [9.17, 15) is 0 Å². The van der Waals surface area contributed by atoms with Gasteiger partial charge in [-0.05, 0) is 12.1 Å². The second-order valence-corrected chi connectivity index (χ2v) is 2.83. The molecule has 5 heteroatoms. The first-order valence-electron chi connectivity index (χ1n) is 4.26. The average Bonchev–Trinajstić information content (AvgIpc) is 2.20. The van der Waals surface area contributed by atoms with Crippen LogP contribution in [0.5, 0.6) is 5.75 Å². The summed E-state index contributed by atoms with van der Waals surface area (Å²) in [5, 5.41) is 8.77. The number of aliphatic hydroxyl groups is 1. The summed E-state index contributed by atoms with van der Waals surface area (Å²) in [6.45, 7) is 1.16. The Morgan fingerprint density at radius 3 is 2.93 bits per heavy atom. The molecule has 0 fully saturated rings. The SMILES string of the molecule is OCCOCCOc1cccnc1Cl. The van der Waals surface area contributed by atoms with Crippen LogP contribution in [0.2, 0.25) is 5.15 Å². The topological polar surface area (TPSA) is 51.6 Å². The fourth-order valence-electron chi connectivity index (χ4n) is 0.856. The van der Waals surface area contributed by atoms with Crippen molar-refractivity contribution in [3.8, 4) is 5.75 Å². The molecule has 0 saturated heterocycles. The maximum Gasteiger partial charge on any atom is 0.171 e. The van der Waals surface area contributed by atoms with Gasteiger partial charge in [-0.15, -0.1) is 0 Å². The van der Waals surface area contributed by atoms with Crippen LogP contribution in [0, 0.1) is 0 Å². The van der Waals surface area contributed by atoms with Crippen LogP contribution in [0.1, 0.15) is 0 Å². The molecule has 0 aliphatic heterocycles. The van der Waals surface area contributed by atoms with E-state index in [-0.39, 0.29) is 6.61 Å². The van der Waals surface area contributed by atoms with Crippen LogP contribution in [-0.4, -0.2) is 36.5 Å². The van der Waals surface area contributed by atoms with Gasteiger partial charge in [-0.1, -0.05) is 11.6 Å². The van der Waals surface area contributed by atoms with Crippen molar-refractivity contribution >= 4 is 11.6 Å². The molecule has 1 aromatic rings. The Morgan fingerprint density at radius 1 is 1.36 bits per heavy atom. The highest BCUT2D eigenvalue weighted by Gasteiger charge is 1.99. The maximum absolute atomic E-state index is 8.43. The summed E-state index contributed by atoms with van der Waals surface area (Å²) in [4.78, 5) is 3.85. The monoisotopic (exact) mass is 217 g/mol. The smallest absolute Gasteiger partial charge is 0.171 e. The first kappa shape index (κ1) is 11.2. The number of rotatable bonds is 6. The lowest BCUT2D eigenvalue weighted by molar-refractivity contribution is 0.0704. The predicted octanol–water partition coefficient (Wildman–Crippen LogP) is 1.12. The van der Waals surface area contributed by atoms with Gasteiger partial charge in [0.2, 0.25) is 0 Å². The largest absolute Gasteiger partial charge is 0.488 e. The third-order valence-electron chi connectivity index (χ3n) is 1.45. The van der Waals surface area contributed by atoms with Crippen molar-refractivity contribution in [3.05, 3.63) is 23.5 Å². The van der Waals surface area contributed by atoms with Crippen molar-refractivity contribution in [3.63, 3.8) is 0 Å². The first-order chi connectivity index (χ1) is 6.84. The van der Waals surface area contributed by atoms with E-state index in [4.69, 9.17) is 26.2 Å². The minimum absolute atomic E-state index is 0.0215. The molecule has 1 heterocycles. The molecule has 14 heavy (non-hydrogen) atoms. The number of hydrogen-bond donors (Lipinski definition) is 1. The molecule has 0 atom stereocenters. The van der Waals surface area contributed by atoms with E-state index in [2.05, 4.69) is 4.98 Å². The zero-order chi connectivity index (χ0) is 10.2. The molecule has 78 valence electrons. The average molecular weight is 218 g/mol. The van der Waals surface area contributed by atoms with E-state index in [0.717, 1.165) is 0 Å². The molecular formula is C9H12ClNO3. The fourth-order valence-corrected chi connectivity index (χ4v) is 1.03. The van der Waals surface area contributed by atoms with Crippen LogP contribution in [0.3, 0.4) is 0 Å². The van der Waals surface area contributed by atoms with Crippen LogP contribution >= 0.6 is 11.6 Å². The highest BCUT2D eigenvalue weighted by molar-refractivity contribution is 6.30. The molecule has 0 aliphatic carbocycles. The van der Waals surface area contributed by atoms with Gasteiger partial charge < -0.3 is 14.6 Å². The number of nitrogens with zero attached hydrogens (tertiary/aromatic N) is 1. The molecule has 0 aromatic carbocycles. The van der Waals surface area contributed by atoms with E-state index in [1.165, 1.54) is 0 Å². The third-order valence-corrected chi connectivity index (χ3v) is 1.73. The summed E-state index contributed by atoms with van der Waals surface area (Å²) in [5.41, 5.74) is 0. The highest BCUT2D eigenvalue weighted by Crippen LogP contribution is 2.19. The van der Waals surface area contributed by atoms with E-state index >= 15 is 0 Å². The summed E-state index contributed by atoms with van der Waals surface area (Å²) >= 11 is 5.75. The lowest BCUT2D eigenvalue weighted by Gasteiger charge is -2.06. The van der Waals surface area contributed by atoms with Crippen LogP contribution in [0.15, 0.2) is 18.3 Å². The molecule has 0 unspecified atom stereocenters. The minimum atomic E-state index is 0.0215. The Morgan fingerprint density at radius 2 is 2.21 bits per heavy atom. The van der Waals surface area contributed by atoms with Gasteiger partial charge in [-0.2, -0.15) is 0 Å². The number of ether oxygens (including phenoxy) is 2. The van der Waals surface area contributed by atoms with E-state index in [1.807, 2.05) is 0 Å². The van der Waals surface area contributed by atoms with Crippen molar-refractivity contribution in [2.24, 2.45) is 0 Å². The van der Waals surface area contributed by atoms with Crippen LogP contribution in [0.4, 0.5) is 0 Å². The highest BCUT2D eigenvalue weighted by atomic mass is 35.5. The van der Waals surface area contributed by atoms with Gasteiger partial charge >= 0.3 is 0 Å². The molecule has 0 amide bonds. The zero-order valence-corrected chi connectivity index (χ0v) is 8.41. The van der Waals surface area contributed by atoms with Crippen LogP contribution < -0.4 is 4.74 Å². The standard InChI is InChI=1S/C9H12ClNO3/c10-9-8(2-1-3-11-9)14-7-6-13-5-4-12/h1-3,12H,4-7H2. The van der Waals surface area contributed by atoms with Gasteiger partial charge in [0.1, 0.15) is 6.61 Å². The van der Waals surface area contributed by atoms with Gasteiger partial charge in [0.25, 0.3) is 0 Å². The summed E-state index contributed by atoms with van der Waals surface area (Å²) in [7, 11) is 0. The zero-order valence-electron chi connectivity index (χ0n) is 7.65. The Balaban J connectivity index is 2.21. The number of hydrogen-bond acceptors (Lipinski definition) is 4. The summed E-state index contributed by atoms with van der Waals surface area (Å²) in [6.07, 6.45) is 1.59. The van der Waals surface area contributed by atoms with Crippen molar-refractivity contribution in [2.75, 3.05) is 26.4 Å². The van der Waals surface area contributed by atoms with Crippen molar-refractivity contribution in [2.45, 2.75) is 0 Å². The molecule has 0 bridgehead atoms. The van der Waals surface area contributed by atoms with Gasteiger partial charge in [-0.3, -0.25) is 0 Å². The Labute approximate surface area is 87.4 Å². The van der Waals surface area contributed by atoms with E-state index < -0.39 is 0 Å². The molecule has 0 aliphatic rings. The van der Waals surface area contributed by atoms with Crippen molar-refractivity contribution < 1.29 is 14.6 Å².